The number of nitrogens with zero attached hydrogens (tertiary/aromatic N) is 1. The maximum absolute atomic E-state index is 12.1. The molecule has 1 fully saturated rings. The Kier molecular flexibility index (Phi) is 18.0. The summed E-state index contributed by atoms with van der Waals surface area (Å²) in [5, 5.41) is 0. The molecular formula is C33H46N2O11. The summed E-state index contributed by atoms with van der Waals surface area (Å²) in [7, 11) is 10.3. The van der Waals surface area contributed by atoms with Crippen molar-refractivity contribution >= 4 is 23.8 Å². The summed E-state index contributed by atoms with van der Waals surface area (Å²) in [5.74, 6) is 1.58. The summed E-state index contributed by atoms with van der Waals surface area (Å²) in [6, 6.07) is 11.1. The molecule has 0 spiro atoms. The number of nitrogens with two attached hydrogens (primary N) is 1. The molecule has 2 aromatic rings. The van der Waals surface area contributed by atoms with E-state index < -0.39 is 5.97 Å². The summed E-state index contributed by atoms with van der Waals surface area (Å²) < 4.78 is 34.2. The summed E-state index contributed by atoms with van der Waals surface area (Å²) in [5.41, 5.74) is 7.64. The van der Waals surface area contributed by atoms with Crippen LogP contribution in [0.2, 0.25) is 0 Å². The summed E-state index contributed by atoms with van der Waals surface area (Å²) >= 11 is 0. The van der Waals surface area contributed by atoms with E-state index in [4.69, 9.17) is 29.4 Å². The molecule has 2 aromatic carbocycles. The zero-order valence-electron chi connectivity index (χ0n) is 27.7. The van der Waals surface area contributed by atoms with Crippen molar-refractivity contribution in [3.63, 3.8) is 0 Å². The van der Waals surface area contributed by atoms with Gasteiger partial charge in [-0.15, -0.1) is 0 Å². The second-order valence-corrected chi connectivity index (χ2v) is 9.76. The first kappa shape index (κ1) is 39.2. The number of amides is 1. The van der Waals surface area contributed by atoms with Gasteiger partial charge in [-0.25, -0.2) is 4.79 Å². The lowest BCUT2D eigenvalue weighted by Gasteiger charge is -2.31. The van der Waals surface area contributed by atoms with Crippen LogP contribution in [0.1, 0.15) is 36.8 Å². The van der Waals surface area contributed by atoms with E-state index in [0.29, 0.717) is 44.0 Å². The van der Waals surface area contributed by atoms with Gasteiger partial charge in [0.1, 0.15) is 23.0 Å². The monoisotopic (exact) mass is 646 g/mol. The third kappa shape index (κ3) is 12.7. The highest BCUT2D eigenvalue weighted by molar-refractivity contribution is 5.88. The summed E-state index contributed by atoms with van der Waals surface area (Å²) in [6.07, 6.45) is 1.34. The van der Waals surface area contributed by atoms with E-state index in [2.05, 4.69) is 16.1 Å². The van der Waals surface area contributed by atoms with Gasteiger partial charge in [-0.1, -0.05) is 12.6 Å². The first-order chi connectivity index (χ1) is 22.0. The molecule has 1 unspecified atom stereocenters. The second kappa shape index (κ2) is 21.0. The van der Waals surface area contributed by atoms with E-state index in [1.165, 1.54) is 21.3 Å². The van der Waals surface area contributed by atoms with Crippen LogP contribution in [0.25, 0.3) is 0 Å². The van der Waals surface area contributed by atoms with Crippen molar-refractivity contribution in [2.24, 2.45) is 11.7 Å². The van der Waals surface area contributed by atoms with Crippen LogP contribution in [-0.2, 0) is 46.5 Å². The minimum absolute atomic E-state index is 0.0398. The van der Waals surface area contributed by atoms with Crippen LogP contribution in [0.5, 0.6) is 23.0 Å². The Morgan fingerprint density at radius 2 is 1.37 bits per heavy atom. The smallest absolute Gasteiger partial charge is 0.333 e. The number of hydrogen-bond donors (Lipinski definition) is 1. The van der Waals surface area contributed by atoms with Crippen LogP contribution >= 0.6 is 0 Å². The molecule has 254 valence electrons. The number of carbonyl (C=O) groups excluding carboxylic acids is 4. The highest BCUT2D eigenvalue weighted by Gasteiger charge is 2.31. The van der Waals surface area contributed by atoms with E-state index >= 15 is 0 Å². The molecule has 1 aliphatic rings. The van der Waals surface area contributed by atoms with Gasteiger partial charge in [0.05, 0.1) is 55.7 Å². The molecule has 13 heteroatoms. The van der Waals surface area contributed by atoms with Gasteiger partial charge < -0.3 is 43.8 Å². The lowest BCUT2D eigenvalue weighted by Crippen LogP contribution is -2.42. The molecule has 1 saturated heterocycles. The normalized spacial score (nSPS) is 13.4. The lowest BCUT2D eigenvalue weighted by molar-refractivity contribution is -0.150. The van der Waals surface area contributed by atoms with Crippen LogP contribution in [0.3, 0.4) is 0 Å². The average Bonchev–Trinajstić information content (AvgIpc) is 3.10. The van der Waals surface area contributed by atoms with Crippen molar-refractivity contribution < 1.29 is 52.3 Å². The molecule has 0 saturated carbocycles. The Bertz CT molecular complexity index is 1310. The van der Waals surface area contributed by atoms with Crippen LogP contribution in [0, 0.1) is 5.92 Å². The fourth-order valence-electron chi connectivity index (χ4n) is 4.24. The minimum Gasteiger partial charge on any atom is -0.497 e. The molecule has 13 nitrogen and oxygen atoms in total. The molecule has 2 N–H and O–H groups in total. The molecular weight excluding hydrogens is 600 g/mol. The highest BCUT2D eigenvalue weighted by atomic mass is 16.5. The maximum Gasteiger partial charge on any atom is 0.333 e. The number of ether oxygens (including phenoxy) is 7. The lowest BCUT2D eigenvalue weighted by atomic mass is 9.97. The minimum atomic E-state index is -0.487. The molecule has 0 aromatic heterocycles. The third-order valence-corrected chi connectivity index (χ3v) is 6.94. The number of rotatable bonds is 12. The topological polar surface area (TPSA) is 162 Å². The Morgan fingerprint density at radius 1 is 0.804 bits per heavy atom. The summed E-state index contributed by atoms with van der Waals surface area (Å²) in [6.45, 7) is 4.71. The molecule has 1 amide bonds. The van der Waals surface area contributed by atoms with Gasteiger partial charge in [0.2, 0.25) is 5.91 Å². The molecule has 1 heterocycles. The van der Waals surface area contributed by atoms with E-state index in [1.807, 2.05) is 30.3 Å². The molecule has 3 rings (SSSR count). The van der Waals surface area contributed by atoms with Crippen LogP contribution < -0.4 is 24.7 Å². The number of likely N-dealkylation sites (tertiary alicyclic amines) is 1. The quantitative estimate of drug-likeness (QED) is 0.203. The van der Waals surface area contributed by atoms with Gasteiger partial charge in [0.15, 0.2) is 0 Å². The van der Waals surface area contributed by atoms with Crippen molar-refractivity contribution in [3.8, 4) is 23.0 Å². The van der Waals surface area contributed by atoms with Gasteiger partial charge in [-0.3, -0.25) is 14.4 Å². The zero-order valence-corrected chi connectivity index (χ0v) is 27.7. The average molecular weight is 647 g/mol. The largest absolute Gasteiger partial charge is 0.497 e. The van der Waals surface area contributed by atoms with Gasteiger partial charge in [-0.2, -0.15) is 0 Å². The van der Waals surface area contributed by atoms with Crippen molar-refractivity contribution in [3.05, 3.63) is 59.7 Å². The van der Waals surface area contributed by atoms with Gasteiger partial charge >= 0.3 is 17.9 Å². The van der Waals surface area contributed by atoms with Crippen molar-refractivity contribution in [2.75, 3.05) is 56.3 Å². The standard InChI is InChI=1S/C16H21NO5.C9H13NO2.C8H12O4/c1-20-13-6-4-11(14(8-13)21-2)9-17-10-12(16(19)22-3)5-7-15(17)18;1-11-8-4-3-7(6-10)9(5-8)12-2;1-6(8(10)12-3)4-5-7(9)11-2/h4,6,8,12H,5,7,9-10H2,1-3H3;3-5H,6,10H2,1-2H3;1,4-5H2,2-3H3. The predicted molar refractivity (Wildman–Crippen MR) is 170 cm³/mol. The SMILES string of the molecule is C=C(CCC(=O)OC)C(=O)OC.COC(=O)C1CCC(=O)N(Cc2ccc(OC)cc2OC)C1.COc1ccc(CN)c(OC)c1. The van der Waals surface area contributed by atoms with E-state index in [9.17, 15) is 19.2 Å². The molecule has 0 radical (unpaired) electrons. The Hall–Kier alpha value is -4.78. The van der Waals surface area contributed by atoms with Crippen molar-refractivity contribution in [2.45, 2.75) is 38.8 Å². The van der Waals surface area contributed by atoms with Crippen molar-refractivity contribution in [1.82, 2.24) is 4.90 Å². The Labute approximate surface area is 270 Å². The number of esters is 3. The predicted octanol–water partition coefficient (Wildman–Crippen LogP) is 3.45. The Balaban J connectivity index is 0.000000376. The first-order valence-electron chi connectivity index (χ1n) is 14.3. The number of benzene rings is 2. The van der Waals surface area contributed by atoms with Crippen molar-refractivity contribution in [1.29, 1.82) is 0 Å². The zero-order chi connectivity index (χ0) is 34.6. The van der Waals surface area contributed by atoms with Crippen LogP contribution in [-0.4, -0.2) is 85.0 Å². The molecule has 1 atom stereocenters. The fraction of sp³-hybridized carbons (Fsp3) is 0.455. The summed E-state index contributed by atoms with van der Waals surface area (Å²) in [4.78, 5) is 46.8. The van der Waals surface area contributed by atoms with Crippen LogP contribution in [0.15, 0.2) is 48.6 Å². The first-order valence-corrected chi connectivity index (χ1v) is 14.3. The molecule has 46 heavy (non-hydrogen) atoms. The number of carbonyl (C=O) groups is 4. The Morgan fingerprint density at radius 3 is 1.85 bits per heavy atom. The van der Waals surface area contributed by atoms with E-state index in [0.717, 1.165) is 22.6 Å². The van der Waals surface area contributed by atoms with E-state index in [-0.39, 0.29) is 42.2 Å². The number of piperidine rings is 1. The van der Waals surface area contributed by atoms with Gasteiger partial charge in [0, 0.05) is 61.3 Å². The molecule has 1 aliphatic heterocycles. The van der Waals surface area contributed by atoms with Crippen LogP contribution in [0.4, 0.5) is 0 Å². The molecule has 0 aliphatic carbocycles. The third-order valence-electron chi connectivity index (χ3n) is 6.94. The fourth-order valence-corrected chi connectivity index (χ4v) is 4.24. The number of methoxy groups -OCH3 is 7. The number of hydrogen-bond acceptors (Lipinski definition) is 12. The highest BCUT2D eigenvalue weighted by Crippen LogP contribution is 2.28. The van der Waals surface area contributed by atoms with Gasteiger partial charge in [0.25, 0.3) is 0 Å². The van der Waals surface area contributed by atoms with E-state index in [1.54, 1.807) is 39.4 Å². The molecule has 0 bridgehead atoms. The second-order valence-electron chi connectivity index (χ2n) is 9.76. The van der Waals surface area contributed by atoms with Gasteiger partial charge in [-0.05, 0) is 31.0 Å². The maximum atomic E-state index is 12.1.